The number of nitrogens with one attached hydrogen (secondary N) is 1. The van der Waals surface area contributed by atoms with Gasteiger partial charge in [-0.25, -0.2) is 9.50 Å². The third-order valence-electron chi connectivity index (χ3n) is 5.32. The molecule has 1 aliphatic heterocycles. The summed E-state index contributed by atoms with van der Waals surface area (Å²) in [6.45, 7) is 4.51. The maximum Gasteiger partial charge on any atom is 0.276 e. The quantitative estimate of drug-likeness (QED) is 0.773. The molecule has 1 aliphatic rings. The molecule has 1 amide bonds. The Morgan fingerprint density at radius 3 is 2.96 bits per heavy atom. The van der Waals surface area contributed by atoms with Crippen molar-refractivity contribution in [2.24, 2.45) is 0 Å². The molecule has 1 N–H and O–H groups in total. The van der Waals surface area contributed by atoms with Crippen molar-refractivity contribution in [1.82, 2.24) is 24.5 Å². The number of aromatic amines is 1. The van der Waals surface area contributed by atoms with Gasteiger partial charge in [-0.1, -0.05) is 6.92 Å². The van der Waals surface area contributed by atoms with E-state index in [1.165, 1.54) is 4.52 Å². The van der Waals surface area contributed by atoms with Gasteiger partial charge >= 0.3 is 0 Å². The smallest absolute Gasteiger partial charge is 0.276 e. The number of hydrogen-bond donors (Lipinski definition) is 1. The van der Waals surface area contributed by atoms with E-state index in [0.717, 1.165) is 30.7 Å². The van der Waals surface area contributed by atoms with Crippen LogP contribution >= 0.6 is 0 Å². The SMILES string of the molecule is CCc1c(C)nc2cc([C@@H]3CCCCN3C(=O)c3cccnc3)[nH]n2c1=O. The molecular weight excluding hydrogens is 342 g/mol. The third-order valence-corrected chi connectivity index (χ3v) is 5.32. The summed E-state index contributed by atoms with van der Waals surface area (Å²) in [6.07, 6.45) is 6.77. The predicted octanol–water partition coefficient (Wildman–Crippen LogP) is 2.66. The van der Waals surface area contributed by atoms with Crippen molar-refractivity contribution in [3.63, 3.8) is 0 Å². The number of H-pyrrole nitrogens is 1. The lowest BCUT2D eigenvalue weighted by Gasteiger charge is -2.35. The molecule has 27 heavy (non-hydrogen) atoms. The molecule has 0 bridgehead atoms. The minimum atomic E-state index is -0.0991. The molecule has 0 saturated carbocycles. The van der Waals surface area contributed by atoms with Crippen molar-refractivity contribution in [1.29, 1.82) is 0 Å². The van der Waals surface area contributed by atoms with Gasteiger partial charge < -0.3 is 4.90 Å². The second kappa shape index (κ2) is 6.98. The zero-order chi connectivity index (χ0) is 19.0. The summed E-state index contributed by atoms with van der Waals surface area (Å²) in [6, 6.07) is 5.36. The molecule has 4 heterocycles. The minimum Gasteiger partial charge on any atom is -0.330 e. The van der Waals surface area contributed by atoms with Gasteiger partial charge in [0, 0.05) is 36.3 Å². The van der Waals surface area contributed by atoms with Gasteiger partial charge in [0.05, 0.1) is 17.3 Å². The highest BCUT2D eigenvalue weighted by Gasteiger charge is 2.30. The van der Waals surface area contributed by atoms with Gasteiger partial charge in [0.1, 0.15) is 0 Å². The fourth-order valence-corrected chi connectivity index (χ4v) is 3.92. The van der Waals surface area contributed by atoms with Crippen molar-refractivity contribution >= 4 is 11.6 Å². The molecule has 1 saturated heterocycles. The van der Waals surface area contributed by atoms with E-state index < -0.39 is 0 Å². The zero-order valence-electron chi connectivity index (χ0n) is 15.6. The number of amides is 1. The summed E-state index contributed by atoms with van der Waals surface area (Å²) in [5, 5.41) is 3.20. The van der Waals surface area contributed by atoms with E-state index in [-0.39, 0.29) is 17.5 Å². The molecule has 0 spiro atoms. The topological polar surface area (TPSA) is 83.4 Å². The molecule has 3 aromatic rings. The van der Waals surface area contributed by atoms with Gasteiger partial charge in [0.15, 0.2) is 5.65 Å². The van der Waals surface area contributed by atoms with Gasteiger partial charge in [-0.15, -0.1) is 0 Å². The molecule has 0 unspecified atom stereocenters. The van der Waals surface area contributed by atoms with Crippen molar-refractivity contribution in [2.45, 2.75) is 45.6 Å². The largest absolute Gasteiger partial charge is 0.330 e. The van der Waals surface area contributed by atoms with Crippen LogP contribution in [0.15, 0.2) is 35.4 Å². The Balaban J connectivity index is 1.75. The van der Waals surface area contributed by atoms with Gasteiger partial charge in [-0.05, 0) is 44.7 Å². The molecule has 140 valence electrons. The lowest BCUT2D eigenvalue weighted by atomic mass is 9.98. The second-order valence-corrected chi connectivity index (χ2v) is 6.99. The Morgan fingerprint density at radius 2 is 2.22 bits per heavy atom. The van der Waals surface area contributed by atoms with Crippen LogP contribution < -0.4 is 5.56 Å². The Morgan fingerprint density at radius 1 is 1.37 bits per heavy atom. The van der Waals surface area contributed by atoms with E-state index in [1.54, 1.807) is 24.5 Å². The van der Waals surface area contributed by atoms with Crippen LogP contribution in [0, 0.1) is 6.92 Å². The Hall–Kier alpha value is -2.96. The number of nitrogens with zero attached hydrogens (tertiary/aromatic N) is 4. The molecule has 0 radical (unpaired) electrons. The van der Waals surface area contributed by atoms with Crippen molar-refractivity contribution in [3.8, 4) is 0 Å². The Bertz CT molecular complexity index is 1040. The fourth-order valence-electron chi connectivity index (χ4n) is 3.92. The summed E-state index contributed by atoms with van der Waals surface area (Å²) < 4.78 is 1.50. The minimum absolute atomic E-state index is 0.0304. The van der Waals surface area contributed by atoms with Gasteiger partial charge in [-0.2, -0.15) is 0 Å². The molecular formula is C20H23N5O2. The Kier molecular flexibility index (Phi) is 4.51. The van der Waals surface area contributed by atoms with Crippen LogP contribution in [-0.2, 0) is 6.42 Å². The number of rotatable bonds is 3. The molecule has 1 fully saturated rings. The summed E-state index contributed by atoms with van der Waals surface area (Å²) in [4.78, 5) is 36.2. The number of pyridine rings is 1. The molecule has 4 rings (SSSR count). The normalized spacial score (nSPS) is 17.4. The number of carbonyl (C=O) groups excluding carboxylic acids is 1. The van der Waals surface area contributed by atoms with Crippen LogP contribution in [0.2, 0.25) is 0 Å². The van der Waals surface area contributed by atoms with Gasteiger partial charge in [-0.3, -0.25) is 19.7 Å². The van der Waals surface area contributed by atoms with E-state index in [0.29, 0.717) is 29.7 Å². The first-order chi connectivity index (χ1) is 13.1. The molecule has 3 aromatic heterocycles. The van der Waals surface area contributed by atoms with E-state index in [2.05, 4.69) is 15.1 Å². The number of piperidine rings is 1. The molecule has 7 nitrogen and oxygen atoms in total. The van der Waals surface area contributed by atoms with Gasteiger partial charge in [0.25, 0.3) is 11.5 Å². The lowest BCUT2D eigenvalue weighted by Crippen LogP contribution is -2.38. The van der Waals surface area contributed by atoms with Crippen molar-refractivity contribution < 1.29 is 4.79 Å². The maximum absolute atomic E-state index is 13.0. The van der Waals surface area contributed by atoms with Crippen LogP contribution in [0.1, 0.15) is 59.5 Å². The summed E-state index contributed by atoms with van der Waals surface area (Å²) in [7, 11) is 0. The average Bonchev–Trinajstić information content (AvgIpc) is 3.12. The number of aromatic nitrogens is 4. The summed E-state index contributed by atoms with van der Waals surface area (Å²) in [5.74, 6) is -0.0304. The van der Waals surface area contributed by atoms with E-state index in [4.69, 9.17) is 0 Å². The average molecular weight is 365 g/mol. The van der Waals surface area contributed by atoms with Crippen molar-refractivity contribution in [2.75, 3.05) is 6.54 Å². The first kappa shape index (κ1) is 17.5. The van der Waals surface area contributed by atoms with Crippen molar-refractivity contribution in [3.05, 3.63) is 63.5 Å². The zero-order valence-corrected chi connectivity index (χ0v) is 15.6. The van der Waals surface area contributed by atoms with Crippen LogP contribution in [0.3, 0.4) is 0 Å². The van der Waals surface area contributed by atoms with E-state index in [1.807, 2.05) is 24.8 Å². The molecule has 7 heteroatoms. The number of carbonyl (C=O) groups is 1. The van der Waals surface area contributed by atoms with Gasteiger partial charge in [0.2, 0.25) is 0 Å². The predicted molar refractivity (Wildman–Crippen MR) is 102 cm³/mol. The van der Waals surface area contributed by atoms with E-state index >= 15 is 0 Å². The third kappa shape index (κ3) is 3.03. The summed E-state index contributed by atoms with van der Waals surface area (Å²) >= 11 is 0. The van der Waals surface area contributed by atoms with Crippen LogP contribution in [0.5, 0.6) is 0 Å². The molecule has 0 aromatic carbocycles. The van der Waals surface area contributed by atoms with Crippen LogP contribution in [-0.4, -0.2) is 36.9 Å². The highest BCUT2D eigenvalue weighted by molar-refractivity contribution is 5.94. The lowest BCUT2D eigenvalue weighted by molar-refractivity contribution is 0.0605. The first-order valence-electron chi connectivity index (χ1n) is 9.42. The summed E-state index contributed by atoms with van der Waals surface area (Å²) in [5.41, 5.74) is 3.45. The first-order valence-corrected chi connectivity index (χ1v) is 9.42. The molecule has 0 aliphatic carbocycles. The number of likely N-dealkylation sites (tertiary alicyclic amines) is 1. The fraction of sp³-hybridized carbons (Fsp3) is 0.400. The van der Waals surface area contributed by atoms with Crippen LogP contribution in [0.4, 0.5) is 0 Å². The molecule has 1 atom stereocenters. The number of hydrogen-bond acceptors (Lipinski definition) is 4. The highest BCUT2D eigenvalue weighted by Crippen LogP contribution is 2.31. The number of aryl methyl sites for hydroxylation is 1. The Labute approximate surface area is 157 Å². The second-order valence-electron chi connectivity index (χ2n) is 6.99. The standard InChI is InChI=1S/C20H23N5O2/c1-3-15-13(2)22-18-11-16(23-25(18)20(15)27)17-8-4-5-10-24(17)19(26)14-7-6-9-21-12-14/h6-7,9,11-12,17,23H,3-5,8,10H2,1-2H3/t17-/m0/s1. The maximum atomic E-state index is 13.0. The van der Waals surface area contributed by atoms with E-state index in [9.17, 15) is 9.59 Å². The monoisotopic (exact) mass is 365 g/mol. The highest BCUT2D eigenvalue weighted by atomic mass is 16.2. The number of fused-ring (bicyclic) bond motifs is 1. The van der Waals surface area contributed by atoms with Crippen LogP contribution in [0.25, 0.3) is 5.65 Å².